The van der Waals surface area contributed by atoms with Gasteiger partial charge in [-0.05, 0) is 56.2 Å². The van der Waals surface area contributed by atoms with Crippen LogP contribution in [-0.4, -0.2) is 29.4 Å². The maximum Gasteiger partial charge on any atom is 0.268 e. The summed E-state index contributed by atoms with van der Waals surface area (Å²) in [6.45, 7) is 5.63. The van der Waals surface area contributed by atoms with Crippen LogP contribution in [0.2, 0.25) is 0 Å². The van der Waals surface area contributed by atoms with Gasteiger partial charge in [-0.1, -0.05) is 19.1 Å². The van der Waals surface area contributed by atoms with E-state index in [-0.39, 0.29) is 18.4 Å². The molecule has 0 radical (unpaired) electrons. The number of benzene rings is 2. The normalized spacial score (nSPS) is 15.5. The second kappa shape index (κ2) is 8.28. The summed E-state index contributed by atoms with van der Waals surface area (Å²) in [5, 5.41) is 5.81. The van der Waals surface area contributed by atoms with Crippen LogP contribution in [0.25, 0.3) is 11.3 Å². The van der Waals surface area contributed by atoms with E-state index >= 15 is 0 Å². The number of amides is 2. The third-order valence-electron chi connectivity index (χ3n) is 5.03. The molecule has 1 unspecified atom stereocenters. The zero-order valence-electron chi connectivity index (χ0n) is 17.1. The first-order valence-corrected chi connectivity index (χ1v) is 10.8. The topological polar surface area (TPSA) is 71.5 Å². The molecule has 0 saturated heterocycles. The second-order valence-corrected chi connectivity index (χ2v) is 8.28. The molecule has 0 aliphatic carbocycles. The van der Waals surface area contributed by atoms with Gasteiger partial charge < -0.3 is 10.1 Å². The van der Waals surface area contributed by atoms with Crippen LogP contribution in [0.4, 0.5) is 11.4 Å². The molecule has 2 heterocycles. The van der Waals surface area contributed by atoms with Crippen LogP contribution < -0.4 is 15.0 Å². The number of hydrogen-bond donors (Lipinski definition) is 1. The fraction of sp³-hybridized carbons (Fsp3) is 0.261. The van der Waals surface area contributed by atoms with Gasteiger partial charge in [-0.25, -0.2) is 4.98 Å². The molecule has 0 saturated carbocycles. The number of anilines is 2. The van der Waals surface area contributed by atoms with E-state index in [1.54, 1.807) is 18.3 Å². The highest BCUT2D eigenvalue weighted by molar-refractivity contribution is 7.09. The highest BCUT2D eigenvalue weighted by Crippen LogP contribution is 2.37. The van der Waals surface area contributed by atoms with Gasteiger partial charge in [-0.15, -0.1) is 11.3 Å². The highest BCUT2D eigenvalue weighted by Gasteiger charge is 2.33. The van der Waals surface area contributed by atoms with Gasteiger partial charge in [0.15, 0.2) is 6.10 Å². The molecule has 30 heavy (non-hydrogen) atoms. The number of hydrogen-bond acceptors (Lipinski definition) is 5. The Labute approximate surface area is 179 Å². The van der Waals surface area contributed by atoms with Crippen LogP contribution in [-0.2, 0) is 16.0 Å². The molecule has 1 aromatic heterocycles. The number of ether oxygens (including phenoxy) is 1. The largest absolute Gasteiger partial charge is 0.479 e. The Morgan fingerprint density at radius 3 is 2.67 bits per heavy atom. The summed E-state index contributed by atoms with van der Waals surface area (Å²) < 4.78 is 5.76. The minimum absolute atomic E-state index is 0.0887. The third-order valence-corrected chi connectivity index (χ3v) is 5.80. The first kappa shape index (κ1) is 20.1. The lowest BCUT2D eigenvalue weighted by molar-refractivity contribution is -0.127. The van der Waals surface area contributed by atoms with Crippen LogP contribution in [0.3, 0.4) is 0 Å². The minimum Gasteiger partial charge on any atom is -0.479 e. The number of fused-ring (bicyclic) bond motifs is 1. The molecule has 4 rings (SSSR count). The van der Waals surface area contributed by atoms with Gasteiger partial charge >= 0.3 is 0 Å². The lowest BCUT2D eigenvalue weighted by Crippen LogP contribution is -2.47. The Balaban J connectivity index is 1.59. The zero-order valence-corrected chi connectivity index (χ0v) is 18.0. The van der Waals surface area contributed by atoms with E-state index in [0.717, 1.165) is 22.7 Å². The molecule has 2 amide bonds. The first-order valence-electron chi connectivity index (χ1n) is 9.88. The average molecular weight is 422 g/mol. The van der Waals surface area contributed by atoms with E-state index < -0.39 is 6.10 Å². The Bertz CT molecular complexity index is 1090. The zero-order chi connectivity index (χ0) is 21.3. The summed E-state index contributed by atoms with van der Waals surface area (Å²) in [6.07, 6.45) is 0.285. The predicted molar refractivity (Wildman–Crippen MR) is 119 cm³/mol. The quantitative estimate of drug-likeness (QED) is 0.661. The average Bonchev–Trinajstić information content (AvgIpc) is 3.18. The van der Waals surface area contributed by atoms with E-state index in [1.807, 2.05) is 54.8 Å². The molecule has 1 N–H and O–H groups in total. The third kappa shape index (κ3) is 4.07. The van der Waals surface area contributed by atoms with Gasteiger partial charge in [0.25, 0.3) is 5.91 Å². The first-order chi connectivity index (χ1) is 14.4. The van der Waals surface area contributed by atoms with E-state index in [2.05, 4.69) is 17.2 Å². The minimum atomic E-state index is -0.651. The lowest BCUT2D eigenvalue weighted by atomic mass is 10.1. The van der Waals surface area contributed by atoms with E-state index in [4.69, 9.17) is 4.74 Å². The standard InChI is InChI=1S/C23H23N3O3S/c1-4-16-5-8-18(9-6-16)25-22(27)12-26-20-11-17(19-13-30-15(3)24-19)7-10-21(20)29-14(2)23(26)28/h5-11,13-14H,4,12H2,1-3H3,(H,25,27). The van der Waals surface area contributed by atoms with Crippen molar-refractivity contribution in [3.05, 3.63) is 58.4 Å². The fourth-order valence-corrected chi connectivity index (χ4v) is 4.02. The van der Waals surface area contributed by atoms with E-state index in [0.29, 0.717) is 17.1 Å². The Morgan fingerprint density at radius 1 is 1.23 bits per heavy atom. The maximum absolute atomic E-state index is 12.8. The molecule has 3 aromatic rings. The van der Waals surface area contributed by atoms with Crippen molar-refractivity contribution >= 4 is 34.5 Å². The summed E-state index contributed by atoms with van der Waals surface area (Å²) in [4.78, 5) is 31.5. The number of carbonyl (C=O) groups excluding carboxylic acids is 2. The van der Waals surface area contributed by atoms with Gasteiger partial charge in [-0.2, -0.15) is 0 Å². The van der Waals surface area contributed by atoms with Gasteiger partial charge in [0.2, 0.25) is 5.91 Å². The highest BCUT2D eigenvalue weighted by atomic mass is 32.1. The van der Waals surface area contributed by atoms with Crippen molar-refractivity contribution in [2.75, 3.05) is 16.8 Å². The maximum atomic E-state index is 12.8. The molecule has 1 aliphatic rings. The SMILES string of the molecule is CCc1ccc(NC(=O)CN2C(=O)C(C)Oc3ccc(-c4csc(C)n4)cc32)cc1. The number of aromatic nitrogens is 1. The molecule has 2 aromatic carbocycles. The Hall–Kier alpha value is -3.19. The molecule has 0 bridgehead atoms. The second-order valence-electron chi connectivity index (χ2n) is 7.22. The van der Waals surface area contributed by atoms with Gasteiger partial charge in [0.05, 0.1) is 16.4 Å². The van der Waals surface area contributed by atoms with Crippen molar-refractivity contribution in [3.63, 3.8) is 0 Å². The molecule has 0 spiro atoms. The molecule has 1 atom stereocenters. The molecular formula is C23H23N3O3S. The summed E-state index contributed by atoms with van der Waals surface area (Å²) in [7, 11) is 0. The summed E-state index contributed by atoms with van der Waals surface area (Å²) in [6, 6.07) is 13.3. The predicted octanol–water partition coefficient (Wildman–Crippen LogP) is 4.43. The molecule has 154 valence electrons. The monoisotopic (exact) mass is 421 g/mol. The number of nitrogens with zero attached hydrogens (tertiary/aromatic N) is 2. The fourth-order valence-electron chi connectivity index (χ4n) is 3.39. The van der Waals surface area contributed by atoms with Crippen molar-refractivity contribution in [1.82, 2.24) is 4.98 Å². The lowest BCUT2D eigenvalue weighted by Gasteiger charge is -2.32. The molecule has 0 fully saturated rings. The van der Waals surface area contributed by atoms with Gasteiger partial charge in [0, 0.05) is 16.6 Å². The van der Waals surface area contributed by atoms with Crippen molar-refractivity contribution < 1.29 is 14.3 Å². The number of rotatable bonds is 5. The smallest absolute Gasteiger partial charge is 0.268 e. The van der Waals surface area contributed by atoms with Crippen molar-refractivity contribution in [2.45, 2.75) is 33.3 Å². The summed E-state index contributed by atoms with van der Waals surface area (Å²) in [5.74, 6) is 0.0750. The van der Waals surface area contributed by atoms with Gasteiger partial charge in [0.1, 0.15) is 12.3 Å². The van der Waals surface area contributed by atoms with Crippen LogP contribution in [0.1, 0.15) is 24.4 Å². The van der Waals surface area contributed by atoms with Crippen LogP contribution in [0.5, 0.6) is 5.75 Å². The Morgan fingerprint density at radius 2 is 2.00 bits per heavy atom. The summed E-state index contributed by atoms with van der Waals surface area (Å²) in [5.41, 5.74) is 4.20. The molecular weight excluding hydrogens is 398 g/mol. The van der Waals surface area contributed by atoms with Crippen molar-refractivity contribution in [2.24, 2.45) is 0 Å². The van der Waals surface area contributed by atoms with Crippen molar-refractivity contribution in [1.29, 1.82) is 0 Å². The van der Waals surface area contributed by atoms with Crippen LogP contribution in [0.15, 0.2) is 47.8 Å². The number of aryl methyl sites for hydroxylation is 2. The summed E-state index contributed by atoms with van der Waals surface area (Å²) >= 11 is 1.57. The Kier molecular flexibility index (Phi) is 5.55. The van der Waals surface area contributed by atoms with Crippen LogP contribution >= 0.6 is 11.3 Å². The number of thiazole rings is 1. The molecule has 7 heteroatoms. The van der Waals surface area contributed by atoms with Gasteiger partial charge in [-0.3, -0.25) is 14.5 Å². The molecule has 1 aliphatic heterocycles. The van der Waals surface area contributed by atoms with E-state index in [9.17, 15) is 9.59 Å². The number of nitrogens with one attached hydrogen (secondary N) is 1. The number of carbonyl (C=O) groups is 2. The molecule has 6 nitrogen and oxygen atoms in total. The van der Waals surface area contributed by atoms with Crippen molar-refractivity contribution in [3.8, 4) is 17.0 Å². The van der Waals surface area contributed by atoms with Crippen LogP contribution in [0, 0.1) is 6.92 Å². The van der Waals surface area contributed by atoms with E-state index in [1.165, 1.54) is 10.5 Å².